The molecule has 1 aliphatic rings. The van der Waals surface area contributed by atoms with Gasteiger partial charge in [0.25, 0.3) is 5.56 Å². The number of nitrogens with zero attached hydrogens (tertiary/aromatic N) is 4. The zero-order chi connectivity index (χ0) is 23.2. The number of anilines is 1. The van der Waals surface area contributed by atoms with Crippen LogP contribution in [0.2, 0.25) is 0 Å². The van der Waals surface area contributed by atoms with E-state index in [1.807, 2.05) is 5.38 Å². The topological polar surface area (TPSA) is 98.6 Å². The van der Waals surface area contributed by atoms with E-state index in [1.165, 1.54) is 55.7 Å². The average Bonchev–Trinajstić information content (AvgIpc) is 3.26. The molecule has 10 heteroatoms. The van der Waals surface area contributed by atoms with E-state index in [2.05, 4.69) is 20.2 Å². The summed E-state index contributed by atoms with van der Waals surface area (Å²) in [5.41, 5.74) is 1.36. The highest BCUT2D eigenvalue weighted by Gasteiger charge is 2.14. The van der Waals surface area contributed by atoms with Crippen LogP contribution in [0.25, 0.3) is 10.9 Å². The number of piperidine rings is 1. The standard InChI is InChI=1S/C23H29N5O4S/c1-31-19-11-17-18(12-20(19)32-2)24-15-28(22(17)30)10-6-7-21(29)26-23-25-16(14-33-23)13-27-8-4-3-5-9-27/h11-12,14-15H,3-10,13H2,1-2H3,(H,25,26,29). The lowest BCUT2D eigenvalue weighted by atomic mass is 10.1. The summed E-state index contributed by atoms with van der Waals surface area (Å²) in [5, 5.41) is 5.95. The number of ether oxygens (including phenoxy) is 2. The molecule has 1 aromatic carbocycles. The highest BCUT2D eigenvalue weighted by molar-refractivity contribution is 7.13. The summed E-state index contributed by atoms with van der Waals surface area (Å²) in [6, 6.07) is 3.32. The molecule has 0 aliphatic carbocycles. The van der Waals surface area contributed by atoms with E-state index >= 15 is 0 Å². The first-order valence-corrected chi connectivity index (χ1v) is 12.0. The molecule has 1 amide bonds. The summed E-state index contributed by atoms with van der Waals surface area (Å²) >= 11 is 1.45. The van der Waals surface area contributed by atoms with Gasteiger partial charge >= 0.3 is 0 Å². The first kappa shape index (κ1) is 23.2. The number of thiazole rings is 1. The van der Waals surface area contributed by atoms with Crippen molar-refractivity contribution < 1.29 is 14.3 Å². The third-order valence-corrected chi connectivity index (χ3v) is 6.57. The van der Waals surface area contributed by atoms with E-state index in [0.29, 0.717) is 40.5 Å². The van der Waals surface area contributed by atoms with Gasteiger partial charge in [-0.3, -0.25) is 19.1 Å². The van der Waals surface area contributed by atoms with Gasteiger partial charge in [-0.15, -0.1) is 11.3 Å². The van der Waals surface area contributed by atoms with Crippen LogP contribution in [0, 0.1) is 0 Å². The summed E-state index contributed by atoms with van der Waals surface area (Å²) in [4.78, 5) is 36.5. The zero-order valence-electron chi connectivity index (χ0n) is 19.0. The molecule has 33 heavy (non-hydrogen) atoms. The lowest BCUT2D eigenvalue weighted by Crippen LogP contribution is -2.29. The Morgan fingerprint density at radius 2 is 1.91 bits per heavy atom. The number of methoxy groups -OCH3 is 2. The van der Waals surface area contributed by atoms with E-state index in [4.69, 9.17) is 9.47 Å². The quantitative estimate of drug-likeness (QED) is 0.511. The van der Waals surface area contributed by atoms with Crippen molar-refractivity contribution in [2.24, 2.45) is 0 Å². The summed E-state index contributed by atoms with van der Waals surface area (Å²) in [7, 11) is 3.06. The first-order valence-electron chi connectivity index (χ1n) is 11.1. The van der Waals surface area contributed by atoms with Gasteiger partial charge < -0.3 is 14.8 Å². The molecule has 0 atom stereocenters. The number of carbonyl (C=O) groups excluding carboxylic acids is 1. The van der Waals surface area contributed by atoms with Crippen molar-refractivity contribution in [2.45, 2.75) is 45.2 Å². The van der Waals surface area contributed by atoms with Gasteiger partial charge in [0.05, 0.1) is 37.1 Å². The molecule has 176 valence electrons. The molecule has 1 aliphatic heterocycles. The second-order valence-electron chi connectivity index (χ2n) is 8.10. The van der Waals surface area contributed by atoms with Crippen molar-refractivity contribution >= 4 is 33.3 Å². The summed E-state index contributed by atoms with van der Waals surface area (Å²) in [5.74, 6) is 0.888. The minimum atomic E-state index is -0.177. The Balaban J connectivity index is 1.31. The van der Waals surface area contributed by atoms with Gasteiger partial charge in [-0.05, 0) is 38.4 Å². The van der Waals surface area contributed by atoms with Gasteiger partial charge in [-0.25, -0.2) is 9.97 Å². The first-order chi connectivity index (χ1) is 16.1. The number of likely N-dealkylation sites (tertiary alicyclic amines) is 1. The minimum absolute atomic E-state index is 0.109. The number of rotatable bonds is 9. The molecule has 0 unspecified atom stereocenters. The molecule has 2 aromatic heterocycles. The number of hydrogen-bond donors (Lipinski definition) is 1. The van der Waals surface area contributed by atoms with Crippen LogP contribution >= 0.6 is 11.3 Å². The molecule has 0 bridgehead atoms. The number of fused-ring (bicyclic) bond motifs is 1. The molecule has 3 heterocycles. The van der Waals surface area contributed by atoms with E-state index < -0.39 is 0 Å². The number of nitrogens with one attached hydrogen (secondary N) is 1. The second-order valence-corrected chi connectivity index (χ2v) is 8.96. The number of amides is 1. The summed E-state index contributed by atoms with van der Waals surface area (Å²) < 4.78 is 12.1. The molecule has 4 rings (SSSR count). The Labute approximate surface area is 196 Å². The lowest BCUT2D eigenvalue weighted by Gasteiger charge is -2.25. The van der Waals surface area contributed by atoms with Crippen molar-refractivity contribution in [3.05, 3.63) is 39.9 Å². The van der Waals surface area contributed by atoms with Gasteiger partial charge in [0.1, 0.15) is 0 Å². The molecule has 0 spiro atoms. The number of aryl methyl sites for hydroxylation is 1. The Morgan fingerprint density at radius 3 is 2.67 bits per heavy atom. The Kier molecular flexibility index (Phi) is 7.56. The van der Waals surface area contributed by atoms with Gasteiger partial charge in [0, 0.05) is 31.0 Å². The second kappa shape index (κ2) is 10.8. The predicted octanol–water partition coefficient (Wildman–Crippen LogP) is 3.28. The third kappa shape index (κ3) is 5.69. The van der Waals surface area contributed by atoms with Crippen molar-refractivity contribution in [1.29, 1.82) is 0 Å². The maximum atomic E-state index is 12.8. The summed E-state index contributed by atoms with van der Waals surface area (Å²) in [6.45, 7) is 3.45. The van der Waals surface area contributed by atoms with Gasteiger partial charge in [-0.2, -0.15) is 0 Å². The number of benzene rings is 1. The molecule has 0 radical (unpaired) electrons. The van der Waals surface area contributed by atoms with E-state index in [-0.39, 0.29) is 17.9 Å². The molecule has 1 saturated heterocycles. The van der Waals surface area contributed by atoms with Crippen LogP contribution < -0.4 is 20.3 Å². The normalized spacial score (nSPS) is 14.4. The van der Waals surface area contributed by atoms with E-state index in [9.17, 15) is 9.59 Å². The van der Waals surface area contributed by atoms with Crippen molar-refractivity contribution in [3.63, 3.8) is 0 Å². The molecular formula is C23H29N5O4S. The fourth-order valence-corrected chi connectivity index (χ4v) is 4.74. The zero-order valence-corrected chi connectivity index (χ0v) is 19.8. The Morgan fingerprint density at radius 1 is 1.15 bits per heavy atom. The monoisotopic (exact) mass is 471 g/mol. The van der Waals surface area contributed by atoms with Crippen LogP contribution in [0.3, 0.4) is 0 Å². The van der Waals surface area contributed by atoms with Crippen LogP contribution in [-0.2, 0) is 17.9 Å². The molecule has 0 saturated carbocycles. The van der Waals surface area contributed by atoms with Gasteiger partial charge in [0.2, 0.25) is 5.91 Å². The SMILES string of the molecule is COc1cc2ncn(CCCC(=O)Nc3nc(CN4CCCCC4)cs3)c(=O)c2cc1OC. The Bertz CT molecular complexity index is 1170. The maximum Gasteiger partial charge on any atom is 0.261 e. The van der Waals surface area contributed by atoms with E-state index in [1.54, 1.807) is 12.1 Å². The largest absolute Gasteiger partial charge is 0.493 e. The van der Waals surface area contributed by atoms with Crippen LogP contribution in [0.5, 0.6) is 11.5 Å². The average molecular weight is 472 g/mol. The fraction of sp³-hybridized carbons (Fsp3) is 0.478. The maximum absolute atomic E-state index is 12.8. The van der Waals surface area contributed by atoms with Gasteiger partial charge in [0.15, 0.2) is 16.6 Å². The third-order valence-electron chi connectivity index (χ3n) is 5.76. The van der Waals surface area contributed by atoms with Crippen LogP contribution in [0.15, 0.2) is 28.6 Å². The van der Waals surface area contributed by atoms with Crippen molar-refractivity contribution in [2.75, 3.05) is 32.6 Å². The lowest BCUT2D eigenvalue weighted by molar-refractivity contribution is -0.116. The smallest absolute Gasteiger partial charge is 0.261 e. The molecule has 3 aromatic rings. The van der Waals surface area contributed by atoms with Gasteiger partial charge in [-0.1, -0.05) is 6.42 Å². The predicted molar refractivity (Wildman–Crippen MR) is 128 cm³/mol. The summed E-state index contributed by atoms with van der Waals surface area (Å²) in [6.07, 6.45) is 6.09. The fourth-order valence-electron chi connectivity index (χ4n) is 4.02. The minimum Gasteiger partial charge on any atom is -0.493 e. The number of aromatic nitrogens is 3. The van der Waals surface area contributed by atoms with Crippen LogP contribution in [-0.4, -0.2) is 52.7 Å². The highest BCUT2D eigenvalue weighted by atomic mass is 32.1. The molecular weight excluding hydrogens is 442 g/mol. The molecule has 1 N–H and O–H groups in total. The van der Waals surface area contributed by atoms with Crippen LogP contribution in [0.1, 0.15) is 37.8 Å². The van der Waals surface area contributed by atoms with Crippen molar-refractivity contribution in [3.8, 4) is 11.5 Å². The Hall–Kier alpha value is -2.98. The number of carbonyl (C=O) groups is 1. The van der Waals surface area contributed by atoms with E-state index in [0.717, 1.165) is 25.3 Å². The van der Waals surface area contributed by atoms with Crippen molar-refractivity contribution in [1.82, 2.24) is 19.4 Å². The van der Waals surface area contributed by atoms with Crippen LogP contribution in [0.4, 0.5) is 5.13 Å². The molecule has 1 fully saturated rings. The highest BCUT2D eigenvalue weighted by Crippen LogP contribution is 2.29. The molecule has 9 nitrogen and oxygen atoms in total. The number of hydrogen-bond acceptors (Lipinski definition) is 8.